The average molecular weight is 1670 g/mol. The minimum absolute atomic E-state index is 0.271. The molecular formula is C120H84B6N6. The molecule has 0 radical (unpaired) electrons. The van der Waals surface area contributed by atoms with E-state index in [-0.39, 0.29) is 13.7 Å². The molecule has 6 nitrogen and oxygen atoms in total. The standard InChI is InChI=1S/6C20H14BN/c1-3-7-18-15(5-1)9-10-17-12-14-22-13-11-16-6-2-4-8-19(16)21(22)20(17)18;1-2-8-16-15(7-1)11-12-18-17-9-3-4-10-19(17)22-14-6-5-13-21(22)20(16)18;1-2-7-17-14-19-18(13-16(17)6-1)10-12-22-20-8-4-3-5-15(20)9-11-21(19)22;1-2-6-17-15(5-1)7-10-19-18(17)9-8-16-11-14-22-13-4-3-12-21(22)20(16)19;1-2-6-18-15(5-1)7-8-16-9-10-17-11-14-22-13-4-3-12-21(22)20(17)19(16)18;1-2-6-17-14-19-18(13-16(17)5-1)8-7-15-9-12-22-11-4-3-10-21(22)20(15)19/h6*1-14H. The molecular weight excluding hydrogens is 1590 g/mol. The lowest BCUT2D eigenvalue weighted by Gasteiger charge is -2.36. The summed E-state index contributed by atoms with van der Waals surface area (Å²) in [6, 6.07) is 119. The molecule has 18 aromatic carbocycles. The number of allylic oxidation sites excluding steroid dienone is 8. The third-order valence-corrected chi connectivity index (χ3v) is 28.1. The van der Waals surface area contributed by atoms with Crippen molar-refractivity contribution in [2.45, 2.75) is 0 Å². The molecule has 612 valence electrons. The van der Waals surface area contributed by atoms with Crippen molar-refractivity contribution in [3.63, 3.8) is 0 Å². The van der Waals surface area contributed by atoms with Crippen LogP contribution in [-0.2, 0) is 0 Å². The van der Waals surface area contributed by atoms with Gasteiger partial charge in [-0.3, -0.25) is 0 Å². The SMILES string of the molecule is C1=CB2c3c(ccc4c3ccc3ccccc34)C=CN2C=C1.C1=CB2c3c(ccc4cc5ccccc5cc34)C=CN2C=C1.C1=CB2c3c(ccc4ccc5ccccc5c34)C=CN2C=C1.C1=CB2c3c(ccc4ccccc34)-c3ccccc3N2C=C1.C1=CN2C=Cc3ccc4ccccc4c3B2c2ccccc21.C1=Cc2ccccc2N2C=Cc3cc4ccccc4cc3B12. The average Bonchev–Trinajstić information content (AvgIpc) is 0.743. The maximum atomic E-state index is 2.38. The second-order valence-electron chi connectivity index (χ2n) is 35.4. The lowest BCUT2D eigenvalue weighted by molar-refractivity contribution is 0.798. The van der Waals surface area contributed by atoms with E-state index >= 15 is 0 Å². The van der Waals surface area contributed by atoms with E-state index in [2.05, 4.69) is 539 Å². The summed E-state index contributed by atoms with van der Waals surface area (Å²) >= 11 is 0. The summed E-state index contributed by atoms with van der Waals surface area (Å²) in [7, 11) is 0. The summed E-state index contributed by atoms with van der Waals surface area (Å²) in [6.45, 7) is 1.73. The first kappa shape index (κ1) is 77.9. The molecule has 0 atom stereocenters. The van der Waals surface area contributed by atoms with Crippen LogP contribution < -0.4 is 47.9 Å². The van der Waals surface area contributed by atoms with Crippen molar-refractivity contribution >= 4 is 230 Å². The molecule has 0 saturated carbocycles. The number of hydrogen-bond acceptors (Lipinski definition) is 6. The molecule has 0 saturated heterocycles. The third kappa shape index (κ3) is 13.7. The van der Waals surface area contributed by atoms with Gasteiger partial charge in [0.05, 0.1) is 0 Å². The Hall–Kier alpha value is -16.4. The minimum Gasteiger partial charge on any atom is -0.389 e. The Morgan fingerprint density at radius 3 is 1.30 bits per heavy atom. The summed E-state index contributed by atoms with van der Waals surface area (Å²) < 4.78 is 0. The highest BCUT2D eigenvalue weighted by atomic mass is 15.1. The van der Waals surface area contributed by atoms with E-state index in [0.717, 1.165) is 0 Å². The van der Waals surface area contributed by atoms with E-state index in [4.69, 9.17) is 0 Å². The summed E-state index contributed by atoms with van der Waals surface area (Å²) in [6.07, 6.45) is 54.2. The zero-order valence-electron chi connectivity index (χ0n) is 72.6. The van der Waals surface area contributed by atoms with E-state index in [0.29, 0.717) is 27.4 Å². The molecule has 12 heteroatoms. The molecule has 12 aliphatic heterocycles. The van der Waals surface area contributed by atoms with Crippen LogP contribution in [0.5, 0.6) is 0 Å². The zero-order chi connectivity index (χ0) is 87.1. The predicted octanol–water partition coefficient (Wildman–Crippen LogP) is 23.8. The van der Waals surface area contributed by atoms with Gasteiger partial charge < -0.3 is 28.9 Å². The van der Waals surface area contributed by atoms with Gasteiger partial charge in [-0.25, -0.2) is 0 Å². The van der Waals surface area contributed by atoms with Crippen molar-refractivity contribution < 1.29 is 0 Å². The highest BCUT2D eigenvalue weighted by Crippen LogP contribution is 2.40. The Balaban J connectivity index is 0.0000000851. The van der Waals surface area contributed by atoms with E-state index in [1.54, 1.807) is 0 Å². The van der Waals surface area contributed by atoms with Crippen LogP contribution in [0.4, 0.5) is 11.4 Å². The lowest BCUT2D eigenvalue weighted by Crippen LogP contribution is -2.57. The largest absolute Gasteiger partial charge is 0.389 e. The van der Waals surface area contributed by atoms with Crippen molar-refractivity contribution in [1.82, 2.24) is 19.2 Å². The van der Waals surface area contributed by atoms with Crippen molar-refractivity contribution in [2.24, 2.45) is 0 Å². The van der Waals surface area contributed by atoms with Gasteiger partial charge in [0.2, 0.25) is 0 Å². The maximum Gasteiger partial charge on any atom is 0.329 e. The van der Waals surface area contributed by atoms with Crippen LogP contribution in [0, 0.1) is 0 Å². The first-order chi connectivity index (χ1) is 65.5. The van der Waals surface area contributed by atoms with Gasteiger partial charge in [-0.05, 0) is 333 Å². The molecule has 12 heterocycles. The normalized spacial score (nSPS) is 15.1. The van der Waals surface area contributed by atoms with E-state index in [1.165, 1.54) is 197 Å². The predicted molar refractivity (Wildman–Crippen MR) is 575 cm³/mol. The number of rotatable bonds is 0. The number of fused-ring (bicyclic) bond motifs is 41. The Labute approximate surface area is 771 Å². The highest BCUT2D eigenvalue weighted by molar-refractivity contribution is 6.88. The Morgan fingerprint density at radius 2 is 0.606 bits per heavy atom. The van der Waals surface area contributed by atoms with Crippen LogP contribution in [0.15, 0.2) is 468 Å². The van der Waals surface area contributed by atoms with Crippen molar-refractivity contribution in [3.05, 3.63) is 507 Å². The van der Waals surface area contributed by atoms with E-state index in [1.807, 2.05) is 0 Å². The van der Waals surface area contributed by atoms with Crippen molar-refractivity contribution in [2.75, 3.05) is 9.62 Å². The van der Waals surface area contributed by atoms with Crippen LogP contribution in [-0.4, -0.2) is 60.3 Å². The van der Waals surface area contributed by atoms with Crippen molar-refractivity contribution in [3.8, 4) is 11.1 Å². The van der Waals surface area contributed by atoms with Gasteiger partial charge in [0.15, 0.2) is 0 Å². The molecule has 0 bridgehead atoms. The fourth-order valence-corrected chi connectivity index (χ4v) is 21.9. The molecule has 0 amide bonds. The Morgan fingerprint density at radius 1 is 0.174 bits per heavy atom. The van der Waals surface area contributed by atoms with Crippen LogP contribution in [0.3, 0.4) is 0 Å². The van der Waals surface area contributed by atoms with Crippen LogP contribution >= 0.6 is 0 Å². The molecule has 18 aromatic rings. The second kappa shape index (κ2) is 33.0. The molecule has 132 heavy (non-hydrogen) atoms. The van der Waals surface area contributed by atoms with Crippen LogP contribution in [0.25, 0.3) is 151 Å². The summed E-state index contributed by atoms with van der Waals surface area (Å²) in [5.74, 6) is 11.4. The molecule has 0 fully saturated rings. The Bertz CT molecular complexity index is 8290. The smallest absolute Gasteiger partial charge is 0.329 e. The minimum atomic E-state index is 0.271. The van der Waals surface area contributed by atoms with Gasteiger partial charge in [0.25, 0.3) is 0 Å². The number of hydrogen-bond donors (Lipinski definition) is 0. The molecule has 0 unspecified atom stereocenters. The molecule has 30 rings (SSSR count). The van der Waals surface area contributed by atoms with Gasteiger partial charge in [-0.1, -0.05) is 358 Å². The molecule has 0 spiro atoms. The quantitative estimate of drug-likeness (QED) is 0.0850. The molecule has 0 aliphatic carbocycles. The maximum absolute atomic E-state index is 2.38. The Kier molecular flexibility index (Phi) is 19.5. The first-order valence-corrected chi connectivity index (χ1v) is 46.0. The fraction of sp³-hybridized carbons (Fsp3) is 0. The molecule has 0 N–H and O–H groups in total. The van der Waals surface area contributed by atoms with Gasteiger partial charge >= 0.3 is 41.1 Å². The lowest BCUT2D eigenvalue weighted by atomic mass is 9.45. The highest BCUT2D eigenvalue weighted by Gasteiger charge is 2.38. The van der Waals surface area contributed by atoms with Gasteiger partial charge in [0, 0.05) is 16.9 Å². The van der Waals surface area contributed by atoms with Gasteiger partial charge in [0.1, 0.15) is 0 Å². The second-order valence-corrected chi connectivity index (χ2v) is 35.4. The van der Waals surface area contributed by atoms with Crippen LogP contribution in [0.1, 0.15) is 38.9 Å². The number of anilines is 2. The summed E-state index contributed by atoms with van der Waals surface area (Å²) in [5.41, 5.74) is 24.3. The monoisotopic (exact) mass is 1670 g/mol. The molecule has 0 aromatic heterocycles. The number of para-hydroxylation sites is 2. The fourth-order valence-electron chi connectivity index (χ4n) is 21.9. The summed E-state index contributed by atoms with van der Waals surface area (Å²) in [4.78, 5) is 13.9. The van der Waals surface area contributed by atoms with Crippen LogP contribution in [0.2, 0.25) is 0 Å². The molecule has 12 aliphatic rings. The summed E-state index contributed by atoms with van der Waals surface area (Å²) in [5, 5.41) is 23.9. The first-order valence-electron chi connectivity index (χ1n) is 46.0. The van der Waals surface area contributed by atoms with Gasteiger partial charge in [-0.2, -0.15) is 0 Å². The van der Waals surface area contributed by atoms with Crippen molar-refractivity contribution in [1.29, 1.82) is 0 Å². The van der Waals surface area contributed by atoms with E-state index < -0.39 is 0 Å². The zero-order valence-corrected chi connectivity index (χ0v) is 72.6. The number of nitrogens with zero attached hydrogens (tertiary/aromatic N) is 6. The topological polar surface area (TPSA) is 19.4 Å². The third-order valence-electron chi connectivity index (χ3n) is 28.1. The van der Waals surface area contributed by atoms with E-state index in [9.17, 15) is 0 Å². The number of benzene rings is 18. The van der Waals surface area contributed by atoms with Gasteiger partial charge in [-0.15, -0.1) is 0 Å².